The van der Waals surface area contributed by atoms with Crippen molar-refractivity contribution < 1.29 is 4.74 Å². The number of aryl methyl sites for hydroxylation is 1. The standard InChI is InChI=1S/C16H19NO/c1-11(2)13-6-4-5-7-15(13)18-16-9-8-12(3)10-14(16)17/h4-11H,17H2,1-3H3. The van der Waals surface area contributed by atoms with E-state index in [1.807, 2.05) is 43.3 Å². The van der Waals surface area contributed by atoms with Crippen LogP contribution in [0.1, 0.15) is 30.9 Å². The molecule has 2 aromatic rings. The Morgan fingerprint density at radius 3 is 2.39 bits per heavy atom. The van der Waals surface area contributed by atoms with Gasteiger partial charge in [-0.3, -0.25) is 0 Å². The molecule has 2 aromatic carbocycles. The summed E-state index contributed by atoms with van der Waals surface area (Å²) < 4.78 is 5.93. The van der Waals surface area contributed by atoms with Crippen LogP contribution in [-0.2, 0) is 0 Å². The number of anilines is 1. The maximum atomic E-state index is 5.97. The molecule has 0 heterocycles. The molecule has 0 radical (unpaired) electrons. The SMILES string of the molecule is Cc1ccc(Oc2ccccc2C(C)C)c(N)c1. The molecule has 2 heteroatoms. The van der Waals surface area contributed by atoms with E-state index in [1.165, 1.54) is 5.56 Å². The third-order valence-corrected chi connectivity index (χ3v) is 2.93. The fourth-order valence-electron chi connectivity index (χ4n) is 1.93. The number of hydrogen-bond acceptors (Lipinski definition) is 2. The van der Waals surface area contributed by atoms with Crippen molar-refractivity contribution in [1.29, 1.82) is 0 Å². The maximum Gasteiger partial charge on any atom is 0.150 e. The fourth-order valence-corrected chi connectivity index (χ4v) is 1.93. The Balaban J connectivity index is 2.34. The summed E-state index contributed by atoms with van der Waals surface area (Å²) >= 11 is 0. The summed E-state index contributed by atoms with van der Waals surface area (Å²) in [6, 6.07) is 13.9. The average Bonchev–Trinajstić information content (AvgIpc) is 2.33. The van der Waals surface area contributed by atoms with Crippen LogP contribution in [0.4, 0.5) is 5.69 Å². The molecular formula is C16H19NO. The normalized spacial score (nSPS) is 10.7. The summed E-state index contributed by atoms with van der Waals surface area (Å²) in [7, 11) is 0. The first-order valence-corrected chi connectivity index (χ1v) is 6.21. The molecule has 0 spiro atoms. The van der Waals surface area contributed by atoms with Crippen molar-refractivity contribution in [3.8, 4) is 11.5 Å². The Kier molecular flexibility index (Phi) is 3.56. The molecule has 0 aliphatic carbocycles. The van der Waals surface area contributed by atoms with Crippen molar-refractivity contribution in [2.75, 3.05) is 5.73 Å². The van der Waals surface area contributed by atoms with Crippen LogP contribution in [0.3, 0.4) is 0 Å². The van der Waals surface area contributed by atoms with Gasteiger partial charge in [0.15, 0.2) is 0 Å². The Bertz CT molecular complexity index is 547. The van der Waals surface area contributed by atoms with E-state index in [0.717, 1.165) is 11.3 Å². The summed E-state index contributed by atoms with van der Waals surface area (Å²) in [5.74, 6) is 2.02. The second-order valence-electron chi connectivity index (χ2n) is 4.84. The molecule has 0 saturated heterocycles. The predicted octanol–water partition coefficient (Wildman–Crippen LogP) is 4.49. The van der Waals surface area contributed by atoms with Gasteiger partial charge in [0.05, 0.1) is 5.69 Å². The van der Waals surface area contributed by atoms with E-state index < -0.39 is 0 Å². The van der Waals surface area contributed by atoms with Gasteiger partial charge in [-0.15, -0.1) is 0 Å². The summed E-state index contributed by atoms with van der Waals surface area (Å²) in [5.41, 5.74) is 8.97. The lowest BCUT2D eigenvalue weighted by atomic mass is 10.0. The van der Waals surface area contributed by atoms with Crippen LogP contribution >= 0.6 is 0 Å². The number of hydrogen-bond donors (Lipinski definition) is 1. The topological polar surface area (TPSA) is 35.2 Å². The van der Waals surface area contributed by atoms with Crippen molar-refractivity contribution in [1.82, 2.24) is 0 Å². The van der Waals surface area contributed by atoms with E-state index >= 15 is 0 Å². The van der Waals surface area contributed by atoms with E-state index in [0.29, 0.717) is 17.4 Å². The minimum Gasteiger partial charge on any atom is -0.455 e. The molecule has 2 nitrogen and oxygen atoms in total. The van der Waals surface area contributed by atoms with Crippen molar-refractivity contribution in [2.45, 2.75) is 26.7 Å². The number of nitrogen functional groups attached to an aromatic ring is 1. The highest BCUT2D eigenvalue weighted by atomic mass is 16.5. The van der Waals surface area contributed by atoms with Gasteiger partial charge in [-0.05, 0) is 42.2 Å². The summed E-state index contributed by atoms with van der Waals surface area (Å²) in [6.45, 7) is 6.32. The van der Waals surface area contributed by atoms with Crippen LogP contribution in [0, 0.1) is 6.92 Å². The molecule has 0 aliphatic heterocycles. The Labute approximate surface area is 108 Å². The quantitative estimate of drug-likeness (QED) is 0.803. The van der Waals surface area contributed by atoms with Gasteiger partial charge in [-0.2, -0.15) is 0 Å². The number of rotatable bonds is 3. The maximum absolute atomic E-state index is 5.97. The van der Waals surface area contributed by atoms with Gasteiger partial charge in [-0.25, -0.2) is 0 Å². The summed E-state index contributed by atoms with van der Waals surface area (Å²) in [4.78, 5) is 0. The van der Waals surface area contributed by atoms with Gasteiger partial charge < -0.3 is 10.5 Å². The van der Waals surface area contributed by atoms with Crippen molar-refractivity contribution in [2.24, 2.45) is 0 Å². The number of ether oxygens (including phenoxy) is 1. The van der Waals surface area contributed by atoms with Gasteiger partial charge in [-0.1, -0.05) is 38.1 Å². The lowest BCUT2D eigenvalue weighted by molar-refractivity contribution is 0.475. The smallest absolute Gasteiger partial charge is 0.150 e. The molecule has 0 amide bonds. The van der Waals surface area contributed by atoms with Crippen LogP contribution in [0.2, 0.25) is 0 Å². The summed E-state index contributed by atoms with van der Waals surface area (Å²) in [6.07, 6.45) is 0. The Hall–Kier alpha value is -1.96. The average molecular weight is 241 g/mol. The molecule has 0 fully saturated rings. The molecule has 0 bridgehead atoms. The van der Waals surface area contributed by atoms with E-state index in [-0.39, 0.29) is 0 Å². The Morgan fingerprint density at radius 1 is 1.00 bits per heavy atom. The van der Waals surface area contributed by atoms with Gasteiger partial charge in [0.1, 0.15) is 11.5 Å². The van der Waals surface area contributed by atoms with Gasteiger partial charge in [0.2, 0.25) is 0 Å². The van der Waals surface area contributed by atoms with Crippen LogP contribution in [0.25, 0.3) is 0 Å². The lowest BCUT2D eigenvalue weighted by Gasteiger charge is -2.14. The highest BCUT2D eigenvalue weighted by molar-refractivity contribution is 5.56. The minimum absolute atomic E-state index is 0.424. The highest BCUT2D eigenvalue weighted by Crippen LogP contribution is 2.33. The first-order chi connectivity index (χ1) is 8.58. The first kappa shape index (κ1) is 12.5. The van der Waals surface area contributed by atoms with Crippen molar-refractivity contribution >= 4 is 5.69 Å². The van der Waals surface area contributed by atoms with E-state index in [9.17, 15) is 0 Å². The second-order valence-corrected chi connectivity index (χ2v) is 4.84. The lowest BCUT2D eigenvalue weighted by Crippen LogP contribution is -1.96. The highest BCUT2D eigenvalue weighted by Gasteiger charge is 2.09. The molecule has 0 unspecified atom stereocenters. The molecule has 0 aromatic heterocycles. The first-order valence-electron chi connectivity index (χ1n) is 6.21. The zero-order valence-corrected chi connectivity index (χ0v) is 11.1. The van der Waals surface area contributed by atoms with E-state index in [2.05, 4.69) is 19.9 Å². The monoisotopic (exact) mass is 241 g/mol. The third-order valence-electron chi connectivity index (χ3n) is 2.93. The van der Waals surface area contributed by atoms with Gasteiger partial charge in [0.25, 0.3) is 0 Å². The van der Waals surface area contributed by atoms with E-state index in [1.54, 1.807) is 0 Å². The molecule has 0 atom stereocenters. The second kappa shape index (κ2) is 5.13. The largest absolute Gasteiger partial charge is 0.455 e. The van der Waals surface area contributed by atoms with Crippen LogP contribution in [-0.4, -0.2) is 0 Å². The van der Waals surface area contributed by atoms with Gasteiger partial charge >= 0.3 is 0 Å². The van der Waals surface area contributed by atoms with Gasteiger partial charge in [0, 0.05) is 0 Å². The molecule has 94 valence electrons. The predicted molar refractivity (Wildman–Crippen MR) is 76.2 cm³/mol. The molecule has 2 N–H and O–H groups in total. The zero-order valence-electron chi connectivity index (χ0n) is 11.1. The van der Waals surface area contributed by atoms with Crippen LogP contribution < -0.4 is 10.5 Å². The van der Waals surface area contributed by atoms with Crippen LogP contribution in [0.15, 0.2) is 42.5 Å². The van der Waals surface area contributed by atoms with Crippen molar-refractivity contribution in [3.63, 3.8) is 0 Å². The molecule has 18 heavy (non-hydrogen) atoms. The molecule has 0 saturated carbocycles. The number of nitrogens with two attached hydrogens (primary N) is 1. The van der Waals surface area contributed by atoms with Crippen LogP contribution in [0.5, 0.6) is 11.5 Å². The van der Waals surface area contributed by atoms with Crippen molar-refractivity contribution in [3.05, 3.63) is 53.6 Å². The van der Waals surface area contributed by atoms with E-state index in [4.69, 9.17) is 10.5 Å². The fraction of sp³-hybridized carbons (Fsp3) is 0.250. The summed E-state index contributed by atoms with van der Waals surface area (Å²) in [5, 5.41) is 0. The number of benzene rings is 2. The number of para-hydroxylation sites is 1. The molecule has 2 rings (SSSR count). The minimum atomic E-state index is 0.424. The molecular weight excluding hydrogens is 222 g/mol. The zero-order chi connectivity index (χ0) is 13.1. The third kappa shape index (κ3) is 2.65. The Morgan fingerprint density at radius 2 is 1.72 bits per heavy atom. The molecule has 0 aliphatic rings.